The molecule has 0 radical (unpaired) electrons. The van der Waals surface area contributed by atoms with E-state index in [1.807, 2.05) is 4.42 Å². The van der Waals surface area contributed by atoms with Gasteiger partial charge in [-0.2, -0.15) is 0 Å². The molecule has 1 saturated carbocycles. The SMILES string of the molecule is CC1(C)[C@@H]2CN(Cl)C[C@@H]21. The van der Waals surface area contributed by atoms with Crippen molar-refractivity contribution in [3.63, 3.8) is 0 Å². The van der Waals surface area contributed by atoms with E-state index in [0.29, 0.717) is 5.41 Å². The van der Waals surface area contributed by atoms with Gasteiger partial charge in [0.15, 0.2) is 0 Å². The summed E-state index contributed by atoms with van der Waals surface area (Å²) in [5.41, 5.74) is 0.616. The number of piperidine rings is 1. The summed E-state index contributed by atoms with van der Waals surface area (Å²) < 4.78 is 1.92. The lowest BCUT2D eigenvalue weighted by Gasteiger charge is -2.12. The minimum absolute atomic E-state index is 0.616. The summed E-state index contributed by atoms with van der Waals surface area (Å²) in [5, 5.41) is 0. The molecule has 0 N–H and O–H groups in total. The van der Waals surface area contributed by atoms with E-state index in [0.717, 1.165) is 24.9 Å². The lowest BCUT2D eigenvalue weighted by atomic mass is 10.1. The van der Waals surface area contributed by atoms with Crippen molar-refractivity contribution in [2.24, 2.45) is 17.3 Å². The Morgan fingerprint density at radius 1 is 1.33 bits per heavy atom. The molecule has 0 aromatic carbocycles. The van der Waals surface area contributed by atoms with Crippen LogP contribution in [0, 0.1) is 17.3 Å². The van der Waals surface area contributed by atoms with Crippen LogP contribution in [0.2, 0.25) is 0 Å². The number of nitrogens with zero attached hydrogens (tertiary/aromatic N) is 1. The molecule has 0 bridgehead atoms. The highest BCUT2D eigenvalue weighted by Crippen LogP contribution is 2.62. The van der Waals surface area contributed by atoms with Crippen LogP contribution < -0.4 is 0 Å². The first-order valence-corrected chi connectivity index (χ1v) is 3.87. The zero-order valence-electron chi connectivity index (χ0n) is 5.89. The Labute approximate surface area is 61.1 Å². The molecular formula is C7H12ClN. The summed E-state index contributed by atoms with van der Waals surface area (Å²) in [7, 11) is 0. The average molecular weight is 146 g/mol. The topological polar surface area (TPSA) is 3.24 Å². The van der Waals surface area contributed by atoms with Crippen molar-refractivity contribution in [2.45, 2.75) is 13.8 Å². The molecule has 2 rings (SSSR count). The summed E-state index contributed by atoms with van der Waals surface area (Å²) in [6.45, 7) is 6.90. The highest BCUT2D eigenvalue weighted by Gasteiger charge is 2.61. The van der Waals surface area contributed by atoms with Gasteiger partial charge in [-0.25, -0.2) is 4.42 Å². The Morgan fingerprint density at radius 3 is 2.11 bits per heavy atom. The van der Waals surface area contributed by atoms with Gasteiger partial charge in [0.2, 0.25) is 0 Å². The molecule has 9 heavy (non-hydrogen) atoms. The molecule has 52 valence electrons. The smallest absolute Gasteiger partial charge is 0.0176 e. The fourth-order valence-corrected chi connectivity index (χ4v) is 2.38. The van der Waals surface area contributed by atoms with Crippen molar-refractivity contribution in [2.75, 3.05) is 13.1 Å². The Balaban J connectivity index is 2.06. The first kappa shape index (κ1) is 5.99. The van der Waals surface area contributed by atoms with Crippen molar-refractivity contribution in [1.29, 1.82) is 0 Å². The lowest BCUT2D eigenvalue weighted by molar-refractivity contribution is 0.383. The molecule has 0 aromatic heterocycles. The van der Waals surface area contributed by atoms with E-state index in [-0.39, 0.29) is 0 Å². The van der Waals surface area contributed by atoms with E-state index in [4.69, 9.17) is 11.8 Å². The summed E-state index contributed by atoms with van der Waals surface area (Å²) in [6.07, 6.45) is 0. The molecule has 1 aliphatic carbocycles. The molecule has 1 saturated heterocycles. The van der Waals surface area contributed by atoms with Gasteiger partial charge in [0.05, 0.1) is 0 Å². The third kappa shape index (κ3) is 0.651. The summed E-state index contributed by atoms with van der Waals surface area (Å²) in [5.74, 6) is 1.80. The zero-order chi connectivity index (χ0) is 6.65. The minimum atomic E-state index is 0.616. The van der Waals surface area contributed by atoms with E-state index in [1.54, 1.807) is 0 Å². The number of hydrogen-bond acceptors (Lipinski definition) is 1. The minimum Gasteiger partial charge on any atom is -0.220 e. The summed E-state index contributed by atoms with van der Waals surface area (Å²) >= 11 is 5.80. The van der Waals surface area contributed by atoms with Crippen LogP contribution in [0.15, 0.2) is 0 Å². The molecule has 2 fully saturated rings. The van der Waals surface area contributed by atoms with Crippen LogP contribution in [0.3, 0.4) is 0 Å². The van der Waals surface area contributed by atoms with Crippen LogP contribution in [-0.4, -0.2) is 17.5 Å². The second-order valence-corrected chi connectivity index (χ2v) is 4.34. The predicted octanol–water partition coefficient (Wildman–Crippen LogP) is 1.73. The molecule has 1 heterocycles. The maximum absolute atomic E-state index is 5.80. The molecule has 1 nitrogen and oxygen atoms in total. The van der Waals surface area contributed by atoms with Gasteiger partial charge in [-0.05, 0) is 29.0 Å². The van der Waals surface area contributed by atoms with Crippen molar-refractivity contribution in [3.05, 3.63) is 0 Å². The van der Waals surface area contributed by atoms with Crippen molar-refractivity contribution >= 4 is 11.8 Å². The van der Waals surface area contributed by atoms with E-state index >= 15 is 0 Å². The highest BCUT2D eigenvalue weighted by atomic mass is 35.5. The van der Waals surface area contributed by atoms with E-state index in [1.165, 1.54) is 0 Å². The highest BCUT2D eigenvalue weighted by molar-refractivity contribution is 6.13. The normalized spacial score (nSPS) is 47.0. The van der Waals surface area contributed by atoms with Crippen LogP contribution in [-0.2, 0) is 0 Å². The lowest BCUT2D eigenvalue weighted by Crippen LogP contribution is -2.16. The molecular weight excluding hydrogens is 134 g/mol. The fraction of sp³-hybridized carbons (Fsp3) is 1.00. The van der Waals surface area contributed by atoms with Gasteiger partial charge < -0.3 is 0 Å². The largest absolute Gasteiger partial charge is 0.220 e. The van der Waals surface area contributed by atoms with E-state index < -0.39 is 0 Å². The van der Waals surface area contributed by atoms with Gasteiger partial charge in [0.1, 0.15) is 0 Å². The Bertz CT molecular complexity index is 130. The third-order valence-corrected chi connectivity index (χ3v) is 3.35. The molecule has 0 amide bonds. The fourth-order valence-electron chi connectivity index (χ4n) is 2.08. The summed E-state index contributed by atoms with van der Waals surface area (Å²) in [6, 6.07) is 0. The van der Waals surface area contributed by atoms with Crippen LogP contribution >= 0.6 is 11.8 Å². The summed E-state index contributed by atoms with van der Waals surface area (Å²) in [4.78, 5) is 0. The van der Waals surface area contributed by atoms with Gasteiger partial charge >= 0.3 is 0 Å². The van der Waals surface area contributed by atoms with E-state index in [2.05, 4.69) is 13.8 Å². The molecule has 0 spiro atoms. The number of halogens is 1. The predicted molar refractivity (Wildman–Crippen MR) is 38.2 cm³/mol. The molecule has 2 heteroatoms. The van der Waals surface area contributed by atoms with Crippen LogP contribution in [0.25, 0.3) is 0 Å². The number of fused-ring (bicyclic) bond motifs is 1. The third-order valence-electron chi connectivity index (χ3n) is 3.08. The standard InChI is InChI=1S/C7H12ClN/c1-7(2)5-3-9(8)4-6(5)7/h5-6H,3-4H2,1-2H3/t5-,6+. The number of hydrogen-bond donors (Lipinski definition) is 0. The molecule has 0 aromatic rings. The molecule has 2 aliphatic rings. The van der Waals surface area contributed by atoms with Crippen molar-refractivity contribution in [1.82, 2.24) is 4.42 Å². The monoisotopic (exact) mass is 145 g/mol. The maximum atomic E-state index is 5.80. The Morgan fingerprint density at radius 2 is 1.78 bits per heavy atom. The average Bonchev–Trinajstić information content (AvgIpc) is 2.27. The maximum Gasteiger partial charge on any atom is 0.0176 e. The molecule has 0 unspecified atom stereocenters. The molecule has 2 atom stereocenters. The second-order valence-electron chi connectivity index (χ2n) is 3.86. The van der Waals surface area contributed by atoms with E-state index in [9.17, 15) is 0 Å². The number of rotatable bonds is 0. The quantitative estimate of drug-likeness (QED) is 0.470. The van der Waals surface area contributed by atoms with Crippen molar-refractivity contribution in [3.8, 4) is 0 Å². The van der Waals surface area contributed by atoms with Gasteiger partial charge in [0, 0.05) is 13.1 Å². The first-order chi connectivity index (χ1) is 4.12. The molecule has 1 aliphatic heterocycles. The zero-order valence-corrected chi connectivity index (χ0v) is 6.65. The first-order valence-electron chi connectivity index (χ1n) is 3.53. The van der Waals surface area contributed by atoms with Gasteiger partial charge in [0.25, 0.3) is 0 Å². The van der Waals surface area contributed by atoms with Crippen LogP contribution in [0.5, 0.6) is 0 Å². The second kappa shape index (κ2) is 1.46. The van der Waals surface area contributed by atoms with Crippen LogP contribution in [0.4, 0.5) is 0 Å². The van der Waals surface area contributed by atoms with Crippen LogP contribution in [0.1, 0.15) is 13.8 Å². The van der Waals surface area contributed by atoms with Crippen molar-refractivity contribution < 1.29 is 0 Å². The Hall–Kier alpha value is 0.250. The van der Waals surface area contributed by atoms with Gasteiger partial charge in [-0.15, -0.1) is 0 Å². The van der Waals surface area contributed by atoms with Gasteiger partial charge in [-0.1, -0.05) is 13.8 Å². The Kier molecular flexibility index (Phi) is 0.970. The van der Waals surface area contributed by atoms with Gasteiger partial charge in [-0.3, -0.25) is 0 Å².